The number of carbonyl (C=O) groups is 2. The molecule has 0 saturated carbocycles. The van der Waals surface area contributed by atoms with Crippen LogP contribution in [0.2, 0.25) is 0 Å². The summed E-state index contributed by atoms with van der Waals surface area (Å²) in [6.45, 7) is 0.669. The van der Waals surface area contributed by atoms with Gasteiger partial charge < -0.3 is 28.3 Å². The van der Waals surface area contributed by atoms with E-state index in [1.54, 1.807) is 55.5 Å². The van der Waals surface area contributed by atoms with Gasteiger partial charge >= 0.3 is 5.97 Å². The largest absolute Gasteiger partial charge is 0.493 e. The van der Waals surface area contributed by atoms with Crippen molar-refractivity contribution in [2.75, 3.05) is 34.5 Å². The van der Waals surface area contributed by atoms with Crippen LogP contribution in [0.15, 0.2) is 57.6 Å². The monoisotopic (exact) mass is 529 g/mol. The van der Waals surface area contributed by atoms with Gasteiger partial charge in [-0.05, 0) is 82.0 Å². The Bertz CT molecular complexity index is 1190. The van der Waals surface area contributed by atoms with Crippen LogP contribution in [0.4, 0.5) is 0 Å². The summed E-state index contributed by atoms with van der Waals surface area (Å²) in [7, 11) is 4.50. The number of carbonyl (C=O) groups excluding carboxylic acids is 2. The van der Waals surface area contributed by atoms with Crippen LogP contribution in [0, 0.1) is 0 Å². The topological polar surface area (TPSA) is 87.4 Å². The third kappa shape index (κ3) is 4.75. The van der Waals surface area contributed by atoms with Crippen molar-refractivity contribution in [3.63, 3.8) is 0 Å². The molecular formula is C25H24BrNO7. The molecule has 0 radical (unpaired) electrons. The van der Waals surface area contributed by atoms with E-state index in [0.29, 0.717) is 40.4 Å². The van der Waals surface area contributed by atoms with Gasteiger partial charge in [-0.25, -0.2) is 4.79 Å². The summed E-state index contributed by atoms with van der Waals surface area (Å²) in [5.41, 5.74) is 2.39. The number of esters is 1. The van der Waals surface area contributed by atoms with Crippen LogP contribution in [-0.4, -0.2) is 51.3 Å². The number of ether oxygens (including phenoxy) is 4. The van der Waals surface area contributed by atoms with Gasteiger partial charge in [-0.2, -0.15) is 0 Å². The van der Waals surface area contributed by atoms with Crippen molar-refractivity contribution in [1.29, 1.82) is 0 Å². The number of halogens is 1. The number of hydrogen-bond donors (Lipinski definition) is 0. The summed E-state index contributed by atoms with van der Waals surface area (Å²) in [5.74, 6) is 1.35. The number of furan rings is 1. The van der Waals surface area contributed by atoms with E-state index in [1.807, 2.05) is 12.1 Å². The fourth-order valence-electron chi connectivity index (χ4n) is 4.00. The van der Waals surface area contributed by atoms with Crippen molar-refractivity contribution in [2.45, 2.75) is 12.5 Å². The molecule has 0 aliphatic carbocycles. The minimum Gasteiger partial charge on any atom is -0.493 e. The first-order chi connectivity index (χ1) is 16.4. The highest BCUT2D eigenvalue weighted by Gasteiger charge is 2.34. The Labute approximate surface area is 205 Å². The first-order valence-corrected chi connectivity index (χ1v) is 11.4. The first-order valence-electron chi connectivity index (χ1n) is 10.6. The lowest BCUT2D eigenvalue weighted by molar-refractivity contribution is 0.0554. The molecule has 0 N–H and O–H groups in total. The van der Waals surface area contributed by atoms with E-state index in [4.69, 9.17) is 23.4 Å². The van der Waals surface area contributed by atoms with E-state index in [-0.39, 0.29) is 18.3 Å². The first kappa shape index (κ1) is 23.7. The Morgan fingerprint density at radius 3 is 2.35 bits per heavy atom. The summed E-state index contributed by atoms with van der Waals surface area (Å²) in [5, 5.41) is 0. The SMILES string of the molecule is COC(=O)c1ccc(OC[C@H]2c3cc(OC)c(OC)cc3CCN2C(=O)c2ccc(Br)o2)cc1. The number of hydrogen-bond acceptors (Lipinski definition) is 7. The molecule has 2 heterocycles. The van der Waals surface area contributed by atoms with Crippen LogP contribution in [-0.2, 0) is 11.2 Å². The lowest BCUT2D eigenvalue weighted by Gasteiger charge is -2.37. The van der Waals surface area contributed by atoms with E-state index in [1.165, 1.54) is 7.11 Å². The quantitative estimate of drug-likeness (QED) is 0.411. The molecule has 2 aromatic carbocycles. The zero-order valence-electron chi connectivity index (χ0n) is 19.0. The molecule has 8 nitrogen and oxygen atoms in total. The average molecular weight is 530 g/mol. The summed E-state index contributed by atoms with van der Waals surface area (Å²) >= 11 is 3.26. The minimum absolute atomic E-state index is 0.188. The Kier molecular flexibility index (Phi) is 7.12. The minimum atomic E-state index is -0.421. The van der Waals surface area contributed by atoms with E-state index in [2.05, 4.69) is 15.9 Å². The van der Waals surface area contributed by atoms with Gasteiger partial charge in [-0.3, -0.25) is 4.79 Å². The molecule has 0 unspecified atom stereocenters. The molecule has 9 heteroatoms. The number of rotatable bonds is 7. The molecule has 34 heavy (non-hydrogen) atoms. The van der Waals surface area contributed by atoms with Gasteiger partial charge in [0, 0.05) is 6.54 Å². The molecule has 1 atom stereocenters. The van der Waals surface area contributed by atoms with Crippen molar-refractivity contribution in [2.24, 2.45) is 0 Å². The lowest BCUT2D eigenvalue weighted by atomic mass is 9.92. The van der Waals surface area contributed by atoms with E-state index in [0.717, 1.165) is 11.1 Å². The number of amides is 1. The molecule has 1 aromatic heterocycles. The van der Waals surface area contributed by atoms with E-state index in [9.17, 15) is 9.59 Å². The fraction of sp³-hybridized carbons (Fsp3) is 0.280. The highest BCUT2D eigenvalue weighted by atomic mass is 79.9. The van der Waals surface area contributed by atoms with Crippen LogP contribution in [0.3, 0.4) is 0 Å². The van der Waals surface area contributed by atoms with Gasteiger partial charge in [0.25, 0.3) is 5.91 Å². The standard InChI is InChI=1S/C25H24BrNO7/c1-30-21-12-16-10-11-27(24(28)20-8-9-23(26)34-20)19(18(16)13-22(21)31-2)14-33-17-6-4-15(5-7-17)25(29)32-3/h4-9,12-13,19H,10-11,14H2,1-3H3/t19-/m0/s1. The molecule has 0 fully saturated rings. The summed E-state index contributed by atoms with van der Waals surface area (Å²) < 4.78 is 27.8. The number of nitrogens with zero attached hydrogens (tertiary/aromatic N) is 1. The summed E-state index contributed by atoms with van der Waals surface area (Å²) in [6, 6.07) is 13.4. The number of fused-ring (bicyclic) bond motifs is 1. The van der Waals surface area contributed by atoms with Gasteiger partial charge in [0.2, 0.25) is 0 Å². The second kappa shape index (κ2) is 10.2. The van der Waals surface area contributed by atoms with Crippen LogP contribution in [0.25, 0.3) is 0 Å². The van der Waals surface area contributed by atoms with Crippen molar-refractivity contribution >= 4 is 27.8 Å². The molecule has 0 saturated heterocycles. The van der Waals surface area contributed by atoms with Crippen molar-refractivity contribution in [3.8, 4) is 17.2 Å². The molecular weight excluding hydrogens is 506 g/mol. The van der Waals surface area contributed by atoms with Crippen molar-refractivity contribution < 1.29 is 33.0 Å². The number of methoxy groups -OCH3 is 3. The van der Waals surface area contributed by atoms with Gasteiger partial charge in [0.15, 0.2) is 21.9 Å². The predicted molar refractivity (Wildman–Crippen MR) is 127 cm³/mol. The van der Waals surface area contributed by atoms with Gasteiger partial charge in [-0.15, -0.1) is 0 Å². The van der Waals surface area contributed by atoms with Crippen molar-refractivity contribution in [3.05, 3.63) is 75.7 Å². The lowest BCUT2D eigenvalue weighted by Crippen LogP contribution is -2.42. The van der Waals surface area contributed by atoms with Gasteiger partial charge in [-0.1, -0.05) is 0 Å². The maximum atomic E-state index is 13.3. The normalized spacial score (nSPS) is 14.8. The Hall–Kier alpha value is -3.46. The van der Waals surface area contributed by atoms with Crippen molar-refractivity contribution in [1.82, 2.24) is 4.90 Å². The average Bonchev–Trinajstić information content (AvgIpc) is 3.31. The predicted octanol–water partition coefficient (Wildman–Crippen LogP) is 4.66. The van der Waals surface area contributed by atoms with Gasteiger partial charge in [0.05, 0.1) is 32.9 Å². The zero-order valence-corrected chi connectivity index (χ0v) is 20.6. The second-order valence-corrected chi connectivity index (χ2v) is 8.38. The highest BCUT2D eigenvalue weighted by molar-refractivity contribution is 9.10. The molecule has 3 aromatic rings. The van der Waals surface area contributed by atoms with Crippen LogP contribution in [0.5, 0.6) is 17.2 Å². The summed E-state index contributed by atoms with van der Waals surface area (Å²) in [6.07, 6.45) is 0.646. The second-order valence-electron chi connectivity index (χ2n) is 7.60. The molecule has 178 valence electrons. The third-order valence-corrected chi connectivity index (χ3v) is 6.16. The maximum absolute atomic E-state index is 13.3. The van der Waals surface area contributed by atoms with Crippen LogP contribution < -0.4 is 14.2 Å². The Morgan fingerprint density at radius 1 is 1.03 bits per heavy atom. The Balaban J connectivity index is 1.65. The fourth-order valence-corrected chi connectivity index (χ4v) is 4.31. The number of benzene rings is 2. The van der Waals surface area contributed by atoms with E-state index >= 15 is 0 Å². The summed E-state index contributed by atoms with van der Waals surface area (Å²) in [4.78, 5) is 26.8. The maximum Gasteiger partial charge on any atom is 0.337 e. The molecule has 1 aliphatic heterocycles. The Morgan fingerprint density at radius 2 is 1.74 bits per heavy atom. The third-order valence-electron chi connectivity index (χ3n) is 5.73. The smallest absolute Gasteiger partial charge is 0.337 e. The molecule has 1 aliphatic rings. The molecule has 0 bridgehead atoms. The highest BCUT2D eigenvalue weighted by Crippen LogP contribution is 2.39. The van der Waals surface area contributed by atoms with Crippen LogP contribution >= 0.6 is 15.9 Å². The zero-order chi connectivity index (χ0) is 24.2. The molecule has 4 rings (SSSR count). The van der Waals surface area contributed by atoms with Crippen LogP contribution in [0.1, 0.15) is 38.1 Å². The van der Waals surface area contributed by atoms with Gasteiger partial charge in [0.1, 0.15) is 12.4 Å². The molecule has 0 spiro atoms. The molecule has 1 amide bonds. The van der Waals surface area contributed by atoms with E-state index < -0.39 is 12.0 Å².